The Morgan fingerprint density at radius 3 is 3.11 bits per heavy atom. The molecule has 0 fully saturated rings. The van der Waals surface area contributed by atoms with Crippen LogP contribution < -0.4 is 5.32 Å². The van der Waals surface area contributed by atoms with Gasteiger partial charge in [0.1, 0.15) is 5.03 Å². The highest BCUT2D eigenvalue weighted by molar-refractivity contribution is 7.98. The van der Waals surface area contributed by atoms with Crippen molar-refractivity contribution in [1.29, 1.82) is 0 Å². The number of nitrogens with one attached hydrogen (secondary N) is 1. The fourth-order valence-corrected chi connectivity index (χ4v) is 2.83. The molecule has 0 aliphatic rings. The van der Waals surface area contributed by atoms with Crippen molar-refractivity contribution in [1.82, 2.24) is 10.3 Å². The van der Waals surface area contributed by atoms with Gasteiger partial charge in [-0.1, -0.05) is 0 Å². The summed E-state index contributed by atoms with van der Waals surface area (Å²) in [5.41, 5.74) is 1.91. The van der Waals surface area contributed by atoms with E-state index >= 15 is 0 Å². The summed E-state index contributed by atoms with van der Waals surface area (Å²) in [4.78, 5) is 16.2. The number of thiophene rings is 1. The fourth-order valence-electron chi connectivity index (χ4n) is 1.58. The highest BCUT2D eigenvalue weighted by atomic mass is 32.2. The first kappa shape index (κ1) is 13.1. The quantitative estimate of drug-likeness (QED) is 0.855. The molecule has 0 spiro atoms. The predicted octanol–water partition coefficient (Wildman–Crippen LogP) is 2.84. The number of carbonyl (C=O) groups excluding carboxylic acids is 1. The Labute approximate surface area is 115 Å². The average molecular weight is 278 g/mol. The molecule has 0 atom stereocenters. The third kappa shape index (κ3) is 3.34. The monoisotopic (exact) mass is 278 g/mol. The lowest BCUT2D eigenvalue weighted by molar-refractivity contribution is 0.0950. The lowest BCUT2D eigenvalue weighted by Gasteiger charge is -2.07. The molecule has 0 aliphatic heterocycles. The van der Waals surface area contributed by atoms with Crippen LogP contribution in [0.25, 0.3) is 0 Å². The molecule has 3 nitrogen and oxygen atoms in total. The van der Waals surface area contributed by atoms with E-state index in [2.05, 4.69) is 21.7 Å². The Bertz CT molecular complexity index is 511. The van der Waals surface area contributed by atoms with Crippen LogP contribution in [0.5, 0.6) is 0 Å². The molecule has 2 aromatic heterocycles. The number of hydrogen-bond donors (Lipinski definition) is 1. The minimum absolute atomic E-state index is 0.0531. The first-order valence-corrected chi connectivity index (χ1v) is 7.76. The summed E-state index contributed by atoms with van der Waals surface area (Å²) >= 11 is 3.16. The van der Waals surface area contributed by atoms with E-state index in [0.717, 1.165) is 11.4 Å². The minimum Gasteiger partial charge on any atom is -0.352 e. The lowest BCUT2D eigenvalue weighted by Crippen LogP contribution is -2.26. The Hall–Kier alpha value is -1.33. The molecule has 94 valence electrons. The number of nitrogens with zero attached hydrogens (tertiary/aromatic N) is 1. The lowest BCUT2D eigenvalue weighted by atomic mass is 10.2. The van der Waals surface area contributed by atoms with Gasteiger partial charge in [-0.05, 0) is 47.2 Å². The van der Waals surface area contributed by atoms with E-state index in [4.69, 9.17) is 0 Å². The smallest absolute Gasteiger partial charge is 0.254 e. The van der Waals surface area contributed by atoms with E-state index in [0.29, 0.717) is 12.1 Å². The summed E-state index contributed by atoms with van der Waals surface area (Å²) in [6, 6.07) is 5.67. The molecule has 0 aliphatic carbocycles. The van der Waals surface area contributed by atoms with E-state index in [1.54, 1.807) is 29.7 Å². The van der Waals surface area contributed by atoms with Gasteiger partial charge in [-0.3, -0.25) is 4.79 Å². The first-order chi connectivity index (χ1) is 8.81. The second-order valence-corrected chi connectivity index (χ2v) is 5.27. The number of pyridine rings is 1. The van der Waals surface area contributed by atoms with Crippen LogP contribution in [-0.2, 0) is 6.42 Å². The molecule has 2 heterocycles. The summed E-state index contributed by atoms with van der Waals surface area (Å²) in [7, 11) is 0. The zero-order valence-corrected chi connectivity index (χ0v) is 11.7. The Morgan fingerprint density at radius 2 is 2.39 bits per heavy atom. The van der Waals surface area contributed by atoms with Crippen molar-refractivity contribution >= 4 is 29.0 Å². The van der Waals surface area contributed by atoms with Crippen LogP contribution in [0, 0.1) is 0 Å². The van der Waals surface area contributed by atoms with Crippen LogP contribution in [0.15, 0.2) is 40.2 Å². The van der Waals surface area contributed by atoms with Gasteiger partial charge in [0.05, 0.1) is 5.56 Å². The van der Waals surface area contributed by atoms with Crippen molar-refractivity contribution in [3.8, 4) is 0 Å². The zero-order valence-electron chi connectivity index (χ0n) is 10.1. The van der Waals surface area contributed by atoms with Crippen molar-refractivity contribution in [2.45, 2.75) is 11.4 Å². The van der Waals surface area contributed by atoms with Crippen LogP contribution in [0.1, 0.15) is 15.9 Å². The highest BCUT2D eigenvalue weighted by Gasteiger charge is 2.10. The van der Waals surface area contributed by atoms with Gasteiger partial charge < -0.3 is 5.32 Å². The van der Waals surface area contributed by atoms with E-state index in [1.807, 2.05) is 11.6 Å². The maximum atomic E-state index is 12.0. The van der Waals surface area contributed by atoms with E-state index in [9.17, 15) is 4.79 Å². The molecular weight excluding hydrogens is 264 g/mol. The van der Waals surface area contributed by atoms with Crippen molar-refractivity contribution in [3.05, 3.63) is 46.3 Å². The largest absolute Gasteiger partial charge is 0.352 e. The van der Waals surface area contributed by atoms with Crippen molar-refractivity contribution < 1.29 is 4.79 Å². The number of aromatic nitrogens is 1. The molecule has 5 heteroatoms. The average Bonchev–Trinajstić information content (AvgIpc) is 2.91. The highest BCUT2D eigenvalue weighted by Crippen LogP contribution is 2.16. The molecule has 1 amide bonds. The number of amides is 1. The molecule has 0 aromatic carbocycles. The van der Waals surface area contributed by atoms with E-state index < -0.39 is 0 Å². The molecule has 2 aromatic rings. The predicted molar refractivity (Wildman–Crippen MR) is 76.4 cm³/mol. The van der Waals surface area contributed by atoms with Gasteiger partial charge in [0.2, 0.25) is 0 Å². The van der Waals surface area contributed by atoms with Crippen molar-refractivity contribution in [3.63, 3.8) is 0 Å². The summed E-state index contributed by atoms with van der Waals surface area (Å²) in [6.07, 6.45) is 4.49. The van der Waals surface area contributed by atoms with Gasteiger partial charge >= 0.3 is 0 Å². The number of hydrogen-bond acceptors (Lipinski definition) is 4. The summed E-state index contributed by atoms with van der Waals surface area (Å²) in [6.45, 7) is 0.651. The normalized spacial score (nSPS) is 10.3. The topological polar surface area (TPSA) is 42.0 Å². The molecular formula is C13H14N2OS2. The third-order valence-electron chi connectivity index (χ3n) is 2.49. The van der Waals surface area contributed by atoms with Crippen molar-refractivity contribution in [2.75, 3.05) is 12.8 Å². The maximum Gasteiger partial charge on any atom is 0.254 e. The van der Waals surface area contributed by atoms with Gasteiger partial charge in [-0.25, -0.2) is 4.98 Å². The molecule has 0 bridgehead atoms. The standard InChI is InChI=1S/C13H14N2OS2/c1-17-13-11(3-2-6-15-13)12(16)14-7-4-10-5-8-18-9-10/h2-3,5-6,8-9H,4,7H2,1H3,(H,14,16). The molecule has 0 saturated carbocycles. The number of carbonyl (C=O) groups is 1. The molecule has 1 N–H and O–H groups in total. The van der Waals surface area contributed by atoms with Crippen LogP contribution in [0.3, 0.4) is 0 Å². The zero-order chi connectivity index (χ0) is 12.8. The Morgan fingerprint density at radius 1 is 1.50 bits per heavy atom. The van der Waals surface area contributed by atoms with E-state index in [1.165, 1.54) is 17.3 Å². The Kier molecular flexibility index (Phi) is 4.78. The van der Waals surface area contributed by atoms with Gasteiger partial charge in [0.25, 0.3) is 5.91 Å². The van der Waals surface area contributed by atoms with Crippen molar-refractivity contribution in [2.24, 2.45) is 0 Å². The van der Waals surface area contributed by atoms with Crippen LogP contribution >= 0.6 is 23.1 Å². The maximum absolute atomic E-state index is 12.0. The number of rotatable bonds is 5. The van der Waals surface area contributed by atoms with Crippen LogP contribution in [0.2, 0.25) is 0 Å². The van der Waals surface area contributed by atoms with E-state index in [-0.39, 0.29) is 5.91 Å². The van der Waals surface area contributed by atoms with Gasteiger partial charge in [-0.15, -0.1) is 11.8 Å². The van der Waals surface area contributed by atoms with Gasteiger partial charge in [-0.2, -0.15) is 11.3 Å². The number of thioether (sulfide) groups is 1. The van der Waals surface area contributed by atoms with Crippen LogP contribution in [0.4, 0.5) is 0 Å². The van der Waals surface area contributed by atoms with Gasteiger partial charge in [0.15, 0.2) is 0 Å². The minimum atomic E-state index is -0.0531. The summed E-state index contributed by atoms with van der Waals surface area (Å²) < 4.78 is 0. The molecule has 0 saturated heterocycles. The molecule has 0 radical (unpaired) electrons. The summed E-state index contributed by atoms with van der Waals surface area (Å²) in [5, 5.41) is 7.84. The second kappa shape index (κ2) is 6.56. The fraction of sp³-hybridized carbons (Fsp3) is 0.231. The molecule has 0 unspecified atom stereocenters. The SMILES string of the molecule is CSc1ncccc1C(=O)NCCc1ccsc1. The third-order valence-corrected chi connectivity index (χ3v) is 3.93. The summed E-state index contributed by atoms with van der Waals surface area (Å²) in [5.74, 6) is -0.0531. The first-order valence-electron chi connectivity index (χ1n) is 5.59. The van der Waals surface area contributed by atoms with Crippen LogP contribution in [-0.4, -0.2) is 23.7 Å². The molecule has 2 rings (SSSR count). The second-order valence-electron chi connectivity index (χ2n) is 3.70. The Balaban J connectivity index is 1.91. The molecule has 18 heavy (non-hydrogen) atoms. The van der Waals surface area contributed by atoms with Gasteiger partial charge in [0, 0.05) is 12.7 Å².